The molecule has 3 aromatic rings. The van der Waals surface area contributed by atoms with Crippen molar-refractivity contribution >= 4 is 0 Å². The number of pyridine rings is 1. The van der Waals surface area contributed by atoms with Gasteiger partial charge >= 0.3 is 0 Å². The maximum atomic E-state index is 5.98. The zero-order chi connectivity index (χ0) is 16.9. The third-order valence-electron chi connectivity index (χ3n) is 4.25. The van der Waals surface area contributed by atoms with Gasteiger partial charge in [0.05, 0.1) is 13.0 Å². The van der Waals surface area contributed by atoms with Crippen LogP contribution in [0.15, 0.2) is 59.3 Å². The summed E-state index contributed by atoms with van der Waals surface area (Å²) < 4.78 is 11.8. The molecular formula is C19H20N4O2. The van der Waals surface area contributed by atoms with Crippen LogP contribution in [-0.2, 0) is 13.0 Å². The summed E-state index contributed by atoms with van der Waals surface area (Å²) in [4.78, 5) is 6.29. The highest BCUT2D eigenvalue weighted by Crippen LogP contribution is 2.19. The summed E-state index contributed by atoms with van der Waals surface area (Å²) in [6.07, 6.45) is 5.34. The van der Waals surface area contributed by atoms with Crippen LogP contribution < -0.4 is 4.74 Å². The van der Waals surface area contributed by atoms with Gasteiger partial charge in [-0.05, 0) is 24.1 Å². The lowest BCUT2D eigenvalue weighted by molar-refractivity contribution is 0.193. The second-order valence-electron chi connectivity index (χ2n) is 6.20. The van der Waals surface area contributed by atoms with Crippen molar-refractivity contribution in [1.82, 2.24) is 20.1 Å². The lowest BCUT2D eigenvalue weighted by atomic mass is 10.2. The Bertz CT molecular complexity index is 791. The first-order valence-corrected chi connectivity index (χ1v) is 8.49. The van der Waals surface area contributed by atoms with Crippen LogP contribution in [0.4, 0.5) is 0 Å². The topological polar surface area (TPSA) is 64.3 Å². The van der Waals surface area contributed by atoms with Crippen LogP contribution in [0.25, 0.3) is 0 Å². The largest absolute Gasteiger partial charge is 0.489 e. The molecule has 3 heterocycles. The summed E-state index contributed by atoms with van der Waals surface area (Å²) in [6, 6.07) is 13.9. The molecule has 1 atom stereocenters. The average Bonchev–Trinajstić information content (AvgIpc) is 3.27. The summed E-state index contributed by atoms with van der Waals surface area (Å²) in [6.45, 7) is 2.49. The zero-order valence-electron chi connectivity index (χ0n) is 13.9. The SMILES string of the molecule is c1ccc(Cc2nnc(CN3CCC(Oc4ccncc4)C3)o2)cc1. The molecule has 128 valence electrons. The van der Waals surface area contributed by atoms with E-state index in [1.54, 1.807) is 12.4 Å². The number of aromatic nitrogens is 3. The van der Waals surface area contributed by atoms with Gasteiger partial charge in [0.1, 0.15) is 11.9 Å². The Kier molecular flexibility index (Phi) is 4.70. The Morgan fingerprint density at radius 1 is 1.04 bits per heavy atom. The third-order valence-corrected chi connectivity index (χ3v) is 4.25. The van der Waals surface area contributed by atoms with Gasteiger partial charge < -0.3 is 9.15 Å². The molecular weight excluding hydrogens is 316 g/mol. The van der Waals surface area contributed by atoms with Gasteiger partial charge in [-0.25, -0.2) is 0 Å². The predicted octanol–water partition coefficient (Wildman–Crippen LogP) is 2.71. The van der Waals surface area contributed by atoms with E-state index in [1.165, 1.54) is 5.56 Å². The minimum Gasteiger partial charge on any atom is -0.489 e. The summed E-state index contributed by atoms with van der Waals surface area (Å²) in [7, 11) is 0. The van der Waals surface area contributed by atoms with E-state index in [9.17, 15) is 0 Å². The molecule has 1 unspecified atom stereocenters. The Balaban J connectivity index is 1.30. The second kappa shape index (κ2) is 7.44. The van der Waals surface area contributed by atoms with Crippen molar-refractivity contribution in [3.8, 4) is 5.75 Å². The van der Waals surface area contributed by atoms with E-state index >= 15 is 0 Å². The summed E-state index contributed by atoms with van der Waals surface area (Å²) in [5.74, 6) is 2.19. The monoisotopic (exact) mass is 336 g/mol. The molecule has 4 rings (SSSR count). The van der Waals surface area contributed by atoms with Gasteiger partial charge in [-0.3, -0.25) is 9.88 Å². The van der Waals surface area contributed by atoms with E-state index < -0.39 is 0 Å². The number of likely N-dealkylation sites (tertiary alicyclic amines) is 1. The van der Waals surface area contributed by atoms with E-state index in [0.29, 0.717) is 24.7 Å². The van der Waals surface area contributed by atoms with Crippen LogP contribution in [0.3, 0.4) is 0 Å². The van der Waals surface area contributed by atoms with Gasteiger partial charge in [0, 0.05) is 25.5 Å². The van der Waals surface area contributed by atoms with Crippen LogP contribution in [0.2, 0.25) is 0 Å². The normalized spacial score (nSPS) is 17.7. The van der Waals surface area contributed by atoms with Gasteiger partial charge in [-0.2, -0.15) is 0 Å². The van der Waals surface area contributed by atoms with Crippen molar-refractivity contribution in [2.75, 3.05) is 13.1 Å². The van der Waals surface area contributed by atoms with Crippen molar-refractivity contribution in [2.45, 2.75) is 25.5 Å². The highest BCUT2D eigenvalue weighted by molar-refractivity contribution is 5.18. The molecule has 1 fully saturated rings. The van der Waals surface area contributed by atoms with Crippen LogP contribution in [0, 0.1) is 0 Å². The molecule has 0 bridgehead atoms. The van der Waals surface area contributed by atoms with Crippen molar-refractivity contribution in [3.05, 3.63) is 72.2 Å². The fourth-order valence-corrected chi connectivity index (χ4v) is 3.03. The second-order valence-corrected chi connectivity index (χ2v) is 6.20. The molecule has 1 aromatic carbocycles. The summed E-state index contributed by atoms with van der Waals surface area (Å²) >= 11 is 0. The Labute approximate surface area is 146 Å². The van der Waals surface area contributed by atoms with E-state index in [4.69, 9.17) is 9.15 Å². The van der Waals surface area contributed by atoms with Gasteiger partial charge in [-0.15, -0.1) is 10.2 Å². The number of rotatable bonds is 6. The molecule has 25 heavy (non-hydrogen) atoms. The highest BCUT2D eigenvalue weighted by atomic mass is 16.5. The lowest BCUT2D eigenvalue weighted by Gasteiger charge is -2.15. The minimum absolute atomic E-state index is 0.189. The van der Waals surface area contributed by atoms with Crippen molar-refractivity contribution in [2.24, 2.45) is 0 Å². The molecule has 0 spiro atoms. The summed E-state index contributed by atoms with van der Waals surface area (Å²) in [5, 5.41) is 8.34. The Hall–Kier alpha value is -2.73. The fraction of sp³-hybridized carbons (Fsp3) is 0.316. The Morgan fingerprint density at radius 2 is 1.84 bits per heavy atom. The van der Waals surface area contributed by atoms with Crippen molar-refractivity contribution in [3.63, 3.8) is 0 Å². The highest BCUT2D eigenvalue weighted by Gasteiger charge is 2.25. The van der Waals surface area contributed by atoms with Crippen LogP contribution >= 0.6 is 0 Å². The molecule has 0 N–H and O–H groups in total. The number of hydrogen-bond donors (Lipinski definition) is 0. The van der Waals surface area contributed by atoms with E-state index in [1.807, 2.05) is 30.3 Å². The Morgan fingerprint density at radius 3 is 2.68 bits per heavy atom. The summed E-state index contributed by atoms with van der Waals surface area (Å²) in [5.41, 5.74) is 1.17. The van der Waals surface area contributed by atoms with Gasteiger partial charge in [0.25, 0.3) is 0 Å². The first-order valence-electron chi connectivity index (χ1n) is 8.49. The van der Waals surface area contributed by atoms with E-state index in [-0.39, 0.29) is 6.10 Å². The molecule has 6 heteroatoms. The van der Waals surface area contributed by atoms with Gasteiger partial charge in [0.2, 0.25) is 11.8 Å². The number of benzene rings is 1. The maximum Gasteiger partial charge on any atom is 0.230 e. The first kappa shape index (κ1) is 15.8. The molecule has 0 radical (unpaired) electrons. The van der Waals surface area contributed by atoms with E-state index in [2.05, 4.69) is 32.2 Å². The number of nitrogens with zero attached hydrogens (tertiary/aromatic N) is 4. The molecule has 0 saturated carbocycles. The molecule has 1 aliphatic rings. The van der Waals surface area contributed by atoms with Crippen molar-refractivity contribution in [1.29, 1.82) is 0 Å². The van der Waals surface area contributed by atoms with Crippen LogP contribution in [0.5, 0.6) is 5.75 Å². The van der Waals surface area contributed by atoms with Crippen molar-refractivity contribution < 1.29 is 9.15 Å². The standard InChI is InChI=1S/C19H20N4O2/c1-2-4-15(5-3-1)12-18-21-22-19(25-18)14-23-11-8-17(13-23)24-16-6-9-20-10-7-16/h1-7,9-10,17H,8,11-14H2. The molecule has 0 amide bonds. The van der Waals surface area contributed by atoms with E-state index in [0.717, 1.165) is 25.3 Å². The minimum atomic E-state index is 0.189. The molecule has 2 aromatic heterocycles. The third kappa shape index (κ3) is 4.22. The maximum absolute atomic E-state index is 5.98. The average molecular weight is 336 g/mol. The van der Waals surface area contributed by atoms with Crippen LogP contribution in [-0.4, -0.2) is 39.3 Å². The smallest absolute Gasteiger partial charge is 0.230 e. The van der Waals surface area contributed by atoms with Gasteiger partial charge in [-0.1, -0.05) is 30.3 Å². The fourth-order valence-electron chi connectivity index (χ4n) is 3.03. The first-order chi connectivity index (χ1) is 12.3. The lowest BCUT2D eigenvalue weighted by Crippen LogP contribution is -2.24. The molecule has 1 saturated heterocycles. The number of hydrogen-bond acceptors (Lipinski definition) is 6. The molecule has 1 aliphatic heterocycles. The van der Waals surface area contributed by atoms with Crippen LogP contribution in [0.1, 0.15) is 23.8 Å². The van der Waals surface area contributed by atoms with Gasteiger partial charge in [0.15, 0.2) is 0 Å². The number of ether oxygens (including phenoxy) is 1. The molecule has 6 nitrogen and oxygen atoms in total. The molecule has 0 aliphatic carbocycles. The quantitative estimate of drug-likeness (QED) is 0.690. The zero-order valence-corrected chi connectivity index (χ0v) is 13.9. The predicted molar refractivity (Wildman–Crippen MR) is 92.1 cm³/mol.